The van der Waals surface area contributed by atoms with E-state index in [9.17, 15) is 20.3 Å². The number of phenolic OH excluding ortho intramolecular Hbond substituents is 1. The first kappa shape index (κ1) is 18.1. The van der Waals surface area contributed by atoms with Crippen LogP contribution in [-0.4, -0.2) is 42.8 Å². The van der Waals surface area contributed by atoms with Crippen LogP contribution in [0.2, 0.25) is 0 Å². The average molecular weight is 382 g/mol. The van der Waals surface area contributed by atoms with Crippen molar-refractivity contribution in [2.75, 3.05) is 6.54 Å². The predicted molar refractivity (Wildman–Crippen MR) is 98.3 cm³/mol. The molecule has 0 amide bonds. The van der Waals surface area contributed by atoms with Crippen molar-refractivity contribution in [2.24, 2.45) is 0 Å². The molecule has 2 aromatic carbocycles. The van der Waals surface area contributed by atoms with Gasteiger partial charge in [0.05, 0.1) is 17.1 Å². The number of aliphatic hydroxyl groups excluding tert-OH is 1. The molecule has 144 valence electrons. The lowest BCUT2D eigenvalue weighted by molar-refractivity contribution is -0.384. The Labute approximate surface area is 160 Å². The van der Waals surface area contributed by atoms with Gasteiger partial charge in [-0.3, -0.25) is 15.0 Å². The Balaban J connectivity index is 1.59. The summed E-state index contributed by atoms with van der Waals surface area (Å²) in [6.07, 6.45) is -0.131. The van der Waals surface area contributed by atoms with Crippen LogP contribution < -0.4 is 0 Å². The van der Waals surface area contributed by atoms with Gasteiger partial charge in [-0.25, -0.2) is 0 Å². The van der Waals surface area contributed by atoms with Gasteiger partial charge in [-0.15, -0.1) is 0 Å². The fourth-order valence-corrected chi connectivity index (χ4v) is 3.42. The molecule has 2 atom stereocenters. The number of hydrogen-bond donors (Lipinski definition) is 2. The number of nitrogens with zero attached hydrogens (tertiary/aromatic N) is 4. The number of aromatic nitrogens is 2. The van der Waals surface area contributed by atoms with E-state index in [0.29, 0.717) is 31.0 Å². The summed E-state index contributed by atoms with van der Waals surface area (Å²) in [7, 11) is 0. The van der Waals surface area contributed by atoms with Crippen molar-refractivity contribution in [1.82, 2.24) is 15.0 Å². The quantitative estimate of drug-likeness (QED) is 0.509. The zero-order valence-corrected chi connectivity index (χ0v) is 14.8. The van der Waals surface area contributed by atoms with E-state index in [2.05, 4.69) is 10.1 Å². The monoisotopic (exact) mass is 382 g/mol. The summed E-state index contributed by atoms with van der Waals surface area (Å²) in [5.74, 6) is 0.765. The SMILES string of the molecule is O=[N+]([O-])c1cccc(-c2noc([C@@H]3C[C@@H](O)CN3Cc3ccccc3O)n2)c1. The molecule has 1 saturated heterocycles. The Hall–Kier alpha value is -3.30. The molecule has 2 heterocycles. The van der Waals surface area contributed by atoms with Gasteiger partial charge in [-0.2, -0.15) is 4.98 Å². The van der Waals surface area contributed by atoms with Gasteiger partial charge in [0.1, 0.15) is 5.75 Å². The smallest absolute Gasteiger partial charge is 0.270 e. The molecule has 9 nitrogen and oxygen atoms in total. The normalized spacial score (nSPS) is 19.8. The second kappa shape index (κ2) is 7.37. The van der Waals surface area contributed by atoms with E-state index in [1.165, 1.54) is 12.1 Å². The second-order valence-corrected chi connectivity index (χ2v) is 6.73. The fraction of sp³-hybridized carbons (Fsp3) is 0.263. The molecule has 1 aliphatic rings. The summed E-state index contributed by atoms with van der Waals surface area (Å²) in [5.41, 5.74) is 1.16. The highest BCUT2D eigenvalue weighted by Gasteiger charge is 2.36. The molecule has 0 bridgehead atoms. The van der Waals surface area contributed by atoms with E-state index < -0.39 is 11.0 Å². The van der Waals surface area contributed by atoms with E-state index in [-0.39, 0.29) is 23.3 Å². The van der Waals surface area contributed by atoms with Gasteiger partial charge in [-0.1, -0.05) is 35.5 Å². The van der Waals surface area contributed by atoms with Crippen molar-refractivity contribution in [3.63, 3.8) is 0 Å². The van der Waals surface area contributed by atoms with Crippen LogP contribution >= 0.6 is 0 Å². The van der Waals surface area contributed by atoms with Crippen LogP contribution in [0.25, 0.3) is 11.4 Å². The Morgan fingerprint density at radius 1 is 1.25 bits per heavy atom. The van der Waals surface area contributed by atoms with Crippen molar-refractivity contribution in [3.8, 4) is 17.1 Å². The number of nitro benzene ring substituents is 1. The number of phenols is 1. The van der Waals surface area contributed by atoms with Crippen LogP contribution in [0.15, 0.2) is 53.1 Å². The van der Waals surface area contributed by atoms with E-state index >= 15 is 0 Å². The first-order valence-corrected chi connectivity index (χ1v) is 8.78. The maximum absolute atomic E-state index is 11.0. The molecule has 3 aromatic rings. The van der Waals surface area contributed by atoms with E-state index in [1.54, 1.807) is 24.3 Å². The number of rotatable bonds is 5. The number of nitro groups is 1. The lowest BCUT2D eigenvalue weighted by atomic mass is 10.1. The van der Waals surface area contributed by atoms with Crippen molar-refractivity contribution < 1.29 is 19.7 Å². The van der Waals surface area contributed by atoms with Gasteiger partial charge in [-0.05, 0) is 12.5 Å². The lowest BCUT2D eigenvalue weighted by Crippen LogP contribution is -2.24. The minimum absolute atomic E-state index is 0.0543. The van der Waals surface area contributed by atoms with Gasteiger partial charge in [0.25, 0.3) is 5.69 Å². The maximum atomic E-state index is 11.0. The summed E-state index contributed by atoms with van der Waals surface area (Å²) in [4.78, 5) is 16.8. The Morgan fingerprint density at radius 2 is 2.07 bits per heavy atom. The van der Waals surface area contributed by atoms with Gasteiger partial charge < -0.3 is 14.7 Å². The summed E-state index contributed by atoms with van der Waals surface area (Å²) in [6, 6.07) is 12.7. The molecule has 1 aliphatic heterocycles. The van der Waals surface area contributed by atoms with Crippen molar-refractivity contribution in [1.29, 1.82) is 0 Å². The third-order valence-corrected chi connectivity index (χ3v) is 4.79. The number of likely N-dealkylation sites (tertiary alicyclic amines) is 1. The Bertz CT molecular complexity index is 1010. The first-order chi connectivity index (χ1) is 13.5. The minimum atomic E-state index is -0.552. The van der Waals surface area contributed by atoms with Crippen LogP contribution in [0.5, 0.6) is 5.75 Å². The first-order valence-electron chi connectivity index (χ1n) is 8.78. The fourth-order valence-electron chi connectivity index (χ4n) is 3.42. The van der Waals surface area contributed by atoms with E-state index in [1.807, 2.05) is 17.0 Å². The van der Waals surface area contributed by atoms with Crippen molar-refractivity contribution in [3.05, 3.63) is 70.1 Å². The minimum Gasteiger partial charge on any atom is -0.508 e. The van der Waals surface area contributed by atoms with Crippen LogP contribution in [0.4, 0.5) is 5.69 Å². The molecule has 9 heteroatoms. The molecule has 28 heavy (non-hydrogen) atoms. The summed E-state index contributed by atoms with van der Waals surface area (Å²) in [6.45, 7) is 0.830. The van der Waals surface area contributed by atoms with Gasteiger partial charge in [0, 0.05) is 36.3 Å². The largest absolute Gasteiger partial charge is 0.508 e. The summed E-state index contributed by atoms with van der Waals surface area (Å²) >= 11 is 0. The topological polar surface area (TPSA) is 126 Å². The molecule has 0 saturated carbocycles. The highest BCUT2D eigenvalue weighted by atomic mass is 16.6. The van der Waals surface area contributed by atoms with Gasteiger partial charge >= 0.3 is 0 Å². The Morgan fingerprint density at radius 3 is 2.86 bits per heavy atom. The van der Waals surface area contributed by atoms with Crippen molar-refractivity contribution in [2.45, 2.75) is 25.1 Å². The molecule has 1 fully saturated rings. The molecule has 4 rings (SSSR count). The maximum Gasteiger partial charge on any atom is 0.270 e. The molecular weight excluding hydrogens is 364 g/mol. The molecule has 0 radical (unpaired) electrons. The number of hydrogen-bond acceptors (Lipinski definition) is 8. The van der Waals surface area contributed by atoms with E-state index in [4.69, 9.17) is 4.52 Å². The zero-order chi connectivity index (χ0) is 19.7. The third-order valence-electron chi connectivity index (χ3n) is 4.79. The number of aliphatic hydroxyl groups is 1. The molecular formula is C19H18N4O5. The lowest BCUT2D eigenvalue weighted by Gasteiger charge is -2.21. The summed E-state index contributed by atoms with van der Waals surface area (Å²) < 4.78 is 5.40. The molecule has 0 aliphatic carbocycles. The molecule has 0 unspecified atom stereocenters. The molecule has 0 spiro atoms. The third kappa shape index (κ3) is 3.57. The van der Waals surface area contributed by atoms with E-state index in [0.717, 1.165) is 5.56 Å². The summed E-state index contributed by atoms with van der Waals surface area (Å²) in [5, 5.41) is 35.1. The van der Waals surface area contributed by atoms with Gasteiger partial charge in [0.2, 0.25) is 11.7 Å². The standard InChI is InChI=1S/C19H18N4O5/c24-15-9-16(22(11-15)10-13-4-1-2-7-17(13)25)19-20-18(21-28-19)12-5-3-6-14(8-12)23(26)27/h1-8,15-16,24-25H,9-11H2/t15-,16+/m1/s1. The molecule has 1 aromatic heterocycles. The predicted octanol–water partition coefficient (Wildman–Crippen LogP) is 2.66. The number of aromatic hydroxyl groups is 1. The van der Waals surface area contributed by atoms with Crippen LogP contribution in [0.1, 0.15) is 23.9 Å². The second-order valence-electron chi connectivity index (χ2n) is 6.73. The van der Waals surface area contributed by atoms with Crippen LogP contribution in [-0.2, 0) is 6.54 Å². The number of benzene rings is 2. The van der Waals surface area contributed by atoms with Gasteiger partial charge in [0.15, 0.2) is 0 Å². The highest BCUT2D eigenvalue weighted by Crippen LogP contribution is 2.34. The number of β-amino-alcohol motifs (C(OH)–C–C–N with tert-alkyl or cyclic N) is 1. The van der Waals surface area contributed by atoms with Crippen LogP contribution in [0, 0.1) is 10.1 Å². The zero-order valence-electron chi connectivity index (χ0n) is 14.8. The number of para-hydroxylation sites is 1. The van der Waals surface area contributed by atoms with Crippen molar-refractivity contribution >= 4 is 5.69 Å². The molecule has 2 N–H and O–H groups in total. The Kier molecular flexibility index (Phi) is 4.76. The average Bonchev–Trinajstić information content (AvgIpc) is 3.30. The van der Waals surface area contributed by atoms with Crippen LogP contribution in [0.3, 0.4) is 0 Å². The number of non-ortho nitro benzene ring substituents is 1. The highest BCUT2D eigenvalue weighted by molar-refractivity contribution is 5.58.